The summed E-state index contributed by atoms with van der Waals surface area (Å²) >= 11 is 35.1. The Morgan fingerprint density at radius 1 is 0.923 bits per heavy atom. The molecular weight excluding hydrogens is 492 g/mol. The van der Waals surface area contributed by atoms with Crippen molar-refractivity contribution >= 4 is 83.2 Å². The zero-order chi connectivity index (χ0) is 20.2. The van der Waals surface area contributed by atoms with E-state index in [1.165, 1.54) is 18.2 Å². The van der Waals surface area contributed by atoms with E-state index in [-0.39, 0.29) is 30.1 Å². The van der Waals surface area contributed by atoms with Crippen LogP contribution in [0.4, 0.5) is 0 Å². The van der Waals surface area contributed by atoms with Crippen LogP contribution in [0.5, 0.6) is 5.75 Å². The second kappa shape index (κ2) is 9.87. The Bertz CT molecular complexity index is 643. The van der Waals surface area contributed by atoms with Crippen molar-refractivity contribution in [1.82, 2.24) is 0 Å². The first kappa shape index (κ1) is 24.6. The Labute approximate surface area is 181 Å². The zero-order valence-electron chi connectivity index (χ0n) is 13.6. The number of benzene rings is 1. The number of carbonyl (C=O) groups is 1. The molecule has 0 N–H and O–H groups in total. The number of esters is 1. The number of carbonyl (C=O) groups excluding carboxylic acids is 1. The average Bonchev–Trinajstić information content (AvgIpc) is 2.44. The van der Waals surface area contributed by atoms with Crippen LogP contribution in [0.3, 0.4) is 0 Å². The summed E-state index contributed by atoms with van der Waals surface area (Å²) in [5, 5.41) is 0. The van der Waals surface area contributed by atoms with Gasteiger partial charge in [-0.1, -0.05) is 69.6 Å². The van der Waals surface area contributed by atoms with Crippen LogP contribution in [0.15, 0.2) is 18.2 Å². The van der Waals surface area contributed by atoms with E-state index >= 15 is 0 Å². The van der Waals surface area contributed by atoms with E-state index in [9.17, 15) is 9.36 Å². The summed E-state index contributed by atoms with van der Waals surface area (Å²) in [5.74, 6) is -0.938. The van der Waals surface area contributed by atoms with Gasteiger partial charge in [0.15, 0.2) is 0 Å². The van der Waals surface area contributed by atoms with Gasteiger partial charge in [0.25, 0.3) is 0 Å². The monoisotopic (exact) mass is 504 g/mol. The van der Waals surface area contributed by atoms with Crippen LogP contribution in [0, 0.1) is 0 Å². The molecule has 0 spiro atoms. The van der Waals surface area contributed by atoms with E-state index in [1.807, 2.05) is 0 Å². The van der Waals surface area contributed by atoms with Crippen molar-refractivity contribution in [3.63, 3.8) is 0 Å². The predicted molar refractivity (Wildman–Crippen MR) is 106 cm³/mol. The molecule has 0 aliphatic carbocycles. The molecule has 0 radical (unpaired) electrons. The summed E-state index contributed by atoms with van der Waals surface area (Å²) in [5.41, 5.74) is 0.235. The fourth-order valence-corrected chi connectivity index (χ4v) is 3.91. The highest BCUT2D eigenvalue weighted by Crippen LogP contribution is 2.48. The molecule has 1 aromatic carbocycles. The molecule has 0 atom stereocenters. The summed E-state index contributed by atoms with van der Waals surface area (Å²) in [7, 11) is -3.63. The normalized spacial score (nSPS) is 12.9. The molecule has 0 saturated heterocycles. The minimum atomic E-state index is -3.63. The number of halogens is 6. The van der Waals surface area contributed by atoms with Crippen molar-refractivity contribution in [2.45, 2.75) is 21.4 Å². The Morgan fingerprint density at radius 2 is 1.35 bits per heavy atom. The lowest BCUT2D eigenvalue weighted by atomic mass is 10.1. The second-order valence-corrected chi connectivity index (χ2v) is 11.4. The molecule has 0 unspecified atom stereocenters. The molecule has 5 nitrogen and oxygen atoms in total. The van der Waals surface area contributed by atoms with Crippen LogP contribution in [-0.2, 0) is 26.0 Å². The van der Waals surface area contributed by atoms with E-state index in [0.717, 1.165) is 0 Å². The summed E-state index contributed by atoms with van der Waals surface area (Å²) in [6, 6.07) is 3.93. The van der Waals surface area contributed by atoms with Crippen LogP contribution in [0.1, 0.15) is 25.0 Å². The molecule has 0 bridgehead atoms. The van der Waals surface area contributed by atoms with Gasteiger partial charge in [0.2, 0.25) is 7.59 Å². The smallest absolute Gasteiger partial charge is 0.341 e. The fraction of sp³-hybridized carbons (Fsp3) is 0.500. The fourth-order valence-electron chi connectivity index (χ4n) is 1.83. The van der Waals surface area contributed by atoms with Gasteiger partial charge in [-0.3, -0.25) is 9.36 Å². The maximum Gasteiger partial charge on any atom is 0.341 e. The van der Waals surface area contributed by atoms with Gasteiger partial charge in [-0.15, -0.1) is 0 Å². The highest BCUT2D eigenvalue weighted by Gasteiger charge is 2.32. The van der Waals surface area contributed by atoms with Crippen LogP contribution in [0.25, 0.3) is 0 Å². The molecule has 1 aromatic rings. The predicted octanol–water partition coefficient (Wildman–Crippen LogP) is 6.51. The molecule has 148 valence electrons. The molecule has 0 aliphatic rings. The topological polar surface area (TPSA) is 61.8 Å². The highest BCUT2D eigenvalue weighted by molar-refractivity contribution is 7.54. The molecule has 0 aliphatic heterocycles. The van der Waals surface area contributed by atoms with Crippen molar-refractivity contribution in [2.24, 2.45) is 0 Å². The summed E-state index contributed by atoms with van der Waals surface area (Å²) < 4.78 is 23.9. The first-order chi connectivity index (χ1) is 11.8. The third-order valence-electron chi connectivity index (χ3n) is 2.77. The number of rotatable bonds is 7. The Morgan fingerprint density at radius 3 is 1.69 bits per heavy atom. The van der Waals surface area contributed by atoms with E-state index in [2.05, 4.69) is 0 Å². The van der Waals surface area contributed by atoms with Gasteiger partial charge in [-0.2, -0.15) is 0 Å². The minimum absolute atomic E-state index is 0.0558. The van der Waals surface area contributed by atoms with E-state index in [1.54, 1.807) is 13.8 Å². The van der Waals surface area contributed by atoms with Crippen LogP contribution < -0.4 is 4.74 Å². The van der Waals surface area contributed by atoms with Crippen molar-refractivity contribution in [2.75, 3.05) is 19.4 Å². The Hall–Kier alpha value is 0.580. The zero-order valence-corrected chi connectivity index (χ0v) is 19.0. The van der Waals surface area contributed by atoms with Crippen LogP contribution in [0.2, 0.25) is 0 Å². The molecular formula is C14H15Cl6O5P. The lowest BCUT2D eigenvalue weighted by molar-refractivity contribution is -0.131. The van der Waals surface area contributed by atoms with Gasteiger partial charge in [0, 0.05) is 11.1 Å². The summed E-state index contributed by atoms with van der Waals surface area (Å²) in [6.07, 6.45) is -0.601. The third kappa shape index (κ3) is 7.90. The highest BCUT2D eigenvalue weighted by atomic mass is 35.6. The molecule has 0 fully saturated rings. The minimum Gasteiger partial charge on any atom is -0.426 e. The summed E-state index contributed by atoms with van der Waals surface area (Å²) in [6.45, 7) is 3.44. The van der Waals surface area contributed by atoms with E-state index < -0.39 is 27.3 Å². The molecule has 12 heteroatoms. The molecule has 0 amide bonds. The maximum atomic E-state index is 12.4. The van der Waals surface area contributed by atoms with Crippen LogP contribution in [-0.4, -0.2) is 25.3 Å². The number of alkyl halides is 6. The van der Waals surface area contributed by atoms with Gasteiger partial charge in [-0.25, -0.2) is 0 Å². The molecule has 1 rings (SSSR count). The largest absolute Gasteiger partial charge is 0.426 e. The Balaban J connectivity index is 3.11. The second-order valence-electron chi connectivity index (χ2n) is 4.82. The van der Waals surface area contributed by atoms with Crippen molar-refractivity contribution in [3.8, 4) is 5.75 Å². The van der Waals surface area contributed by atoms with Crippen molar-refractivity contribution < 1.29 is 23.1 Å². The first-order valence-corrected chi connectivity index (χ1v) is 11.2. The number of ether oxygens (including phenoxy) is 1. The number of hydrogen-bond acceptors (Lipinski definition) is 5. The maximum absolute atomic E-state index is 12.4. The van der Waals surface area contributed by atoms with E-state index in [0.29, 0.717) is 0 Å². The molecule has 0 aromatic heterocycles. The standard InChI is InChI=1S/C14H15Cl6O5P/c1-3-23-26(22,24-4-2)8-12(21)25-11-6-9(13(15,16)17)5-10(7-11)14(18,19)20/h5-7H,3-4,8H2,1-2H3. The van der Waals surface area contributed by atoms with Crippen molar-refractivity contribution in [3.05, 3.63) is 29.3 Å². The SMILES string of the molecule is CCOP(=O)(CC(=O)Oc1cc(C(Cl)(Cl)Cl)cc(C(Cl)(Cl)Cl)c1)OCC. The summed E-state index contributed by atoms with van der Waals surface area (Å²) in [4.78, 5) is 12.1. The lowest BCUT2D eigenvalue weighted by Crippen LogP contribution is -2.17. The molecule has 0 saturated carbocycles. The molecule has 0 heterocycles. The average molecular weight is 507 g/mol. The van der Waals surface area contributed by atoms with Gasteiger partial charge in [0.1, 0.15) is 11.9 Å². The van der Waals surface area contributed by atoms with Gasteiger partial charge < -0.3 is 13.8 Å². The van der Waals surface area contributed by atoms with Gasteiger partial charge in [0.05, 0.1) is 13.2 Å². The van der Waals surface area contributed by atoms with E-state index in [4.69, 9.17) is 83.4 Å². The Kier molecular flexibility index (Phi) is 9.34. The van der Waals surface area contributed by atoms with Crippen LogP contribution >= 0.6 is 77.2 Å². The van der Waals surface area contributed by atoms with Crippen molar-refractivity contribution in [1.29, 1.82) is 0 Å². The third-order valence-corrected chi connectivity index (χ3v) is 6.03. The quantitative estimate of drug-likeness (QED) is 0.182. The first-order valence-electron chi connectivity index (χ1n) is 7.19. The number of hydrogen-bond donors (Lipinski definition) is 0. The lowest BCUT2D eigenvalue weighted by Gasteiger charge is -2.19. The van der Waals surface area contributed by atoms with Gasteiger partial charge in [-0.05, 0) is 32.0 Å². The van der Waals surface area contributed by atoms with Gasteiger partial charge >= 0.3 is 13.6 Å². The molecule has 26 heavy (non-hydrogen) atoms.